The predicted octanol–water partition coefficient (Wildman–Crippen LogP) is 0.934. The van der Waals surface area contributed by atoms with Gasteiger partial charge in [-0.2, -0.15) is 0 Å². The topological polar surface area (TPSA) is 111 Å². The number of nitrogens with zero attached hydrogens (tertiary/aromatic N) is 2. The van der Waals surface area contributed by atoms with E-state index in [1.165, 1.54) is 6.92 Å². The highest BCUT2D eigenvalue weighted by Gasteiger charge is 2.24. The summed E-state index contributed by atoms with van der Waals surface area (Å²) in [6.07, 6.45) is 0.875. The lowest BCUT2D eigenvalue weighted by atomic mass is 10.2. The second-order valence-corrected chi connectivity index (χ2v) is 3.89. The van der Waals surface area contributed by atoms with Crippen LogP contribution in [-0.4, -0.2) is 34.9 Å². The van der Waals surface area contributed by atoms with Gasteiger partial charge >= 0.3 is 5.97 Å². The third-order valence-corrected chi connectivity index (χ3v) is 2.40. The molecule has 0 fully saturated rings. The molecule has 1 amide bonds. The summed E-state index contributed by atoms with van der Waals surface area (Å²) in [5.74, 6) is -1.48. The maximum atomic E-state index is 11.8. The number of methoxy groups -OCH3 is 1. The predicted molar refractivity (Wildman–Crippen MR) is 64.8 cm³/mol. The third-order valence-electron chi connectivity index (χ3n) is 2.19. The Kier molecular flexibility index (Phi) is 4.76. The Balaban J connectivity index is 3.02. The SMILES string of the molecule is COC(=O)C(C)NC(=O)c1cc(Cl)ncc1[N+](=O)[O-]. The number of nitro groups is 1. The van der Waals surface area contributed by atoms with Gasteiger partial charge in [0.2, 0.25) is 0 Å². The van der Waals surface area contributed by atoms with Crippen molar-refractivity contribution in [2.45, 2.75) is 13.0 Å². The fraction of sp³-hybridized carbons (Fsp3) is 0.300. The van der Waals surface area contributed by atoms with Crippen LogP contribution in [0, 0.1) is 10.1 Å². The molecule has 0 radical (unpaired) electrons. The summed E-state index contributed by atoms with van der Waals surface area (Å²) < 4.78 is 4.42. The molecule has 0 aliphatic rings. The van der Waals surface area contributed by atoms with Crippen LogP contribution in [0.1, 0.15) is 17.3 Å². The lowest BCUT2D eigenvalue weighted by Gasteiger charge is -2.11. The average Bonchev–Trinajstić information content (AvgIpc) is 2.36. The molecule has 1 rings (SSSR count). The number of pyridine rings is 1. The van der Waals surface area contributed by atoms with Gasteiger partial charge < -0.3 is 10.1 Å². The van der Waals surface area contributed by atoms with Crippen molar-refractivity contribution >= 4 is 29.2 Å². The van der Waals surface area contributed by atoms with Crippen LogP contribution in [0.5, 0.6) is 0 Å². The number of rotatable bonds is 4. The summed E-state index contributed by atoms with van der Waals surface area (Å²) in [5, 5.41) is 13.0. The van der Waals surface area contributed by atoms with Gasteiger partial charge in [0.25, 0.3) is 11.6 Å². The number of ether oxygens (including phenoxy) is 1. The number of halogens is 1. The van der Waals surface area contributed by atoms with Crippen molar-refractivity contribution in [1.82, 2.24) is 10.3 Å². The van der Waals surface area contributed by atoms with Crippen LogP contribution < -0.4 is 5.32 Å². The lowest BCUT2D eigenvalue weighted by Crippen LogP contribution is -2.39. The number of aromatic nitrogens is 1. The van der Waals surface area contributed by atoms with Crippen LogP contribution in [0.4, 0.5) is 5.69 Å². The van der Waals surface area contributed by atoms with E-state index in [2.05, 4.69) is 15.0 Å². The molecule has 19 heavy (non-hydrogen) atoms. The van der Waals surface area contributed by atoms with E-state index in [1.54, 1.807) is 0 Å². The molecular formula is C10H10ClN3O5. The Labute approximate surface area is 112 Å². The summed E-state index contributed by atoms with van der Waals surface area (Å²) in [6.45, 7) is 1.39. The van der Waals surface area contributed by atoms with Crippen LogP contribution in [0.3, 0.4) is 0 Å². The highest BCUT2D eigenvalue weighted by atomic mass is 35.5. The first-order chi connectivity index (χ1) is 8.86. The van der Waals surface area contributed by atoms with Gasteiger partial charge in [0.05, 0.1) is 12.0 Å². The third kappa shape index (κ3) is 3.62. The van der Waals surface area contributed by atoms with Crippen LogP contribution in [0.25, 0.3) is 0 Å². The Bertz CT molecular complexity index is 534. The smallest absolute Gasteiger partial charge is 0.328 e. The quantitative estimate of drug-likeness (QED) is 0.382. The number of carbonyl (C=O) groups excluding carboxylic acids is 2. The van der Waals surface area contributed by atoms with Crippen molar-refractivity contribution in [3.8, 4) is 0 Å². The molecule has 0 aliphatic heterocycles. The van der Waals surface area contributed by atoms with E-state index in [9.17, 15) is 19.7 Å². The van der Waals surface area contributed by atoms with Gasteiger partial charge in [0, 0.05) is 0 Å². The van der Waals surface area contributed by atoms with Gasteiger partial charge in [-0.15, -0.1) is 0 Å². The molecule has 1 atom stereocenters. The van der Waals surface area contributed by atoms with Crippen LogP contribution in [0.2, 0.25) is 5.15 Å². The van der Waals surface area contributed by atoms with E-state index in [1.807, 2.05) is 0 Å². The molecule has 1 heterocycles. The molecule has 0 saturated heterocycles. The first-order valence-corrected chi connectivity index (χ1v) is 5.43. The van der Waals surface area contributed by atoms with Crippen molar-refractivity contribution in [3.05, 3.63) is 33.1 Å². The number of nitrogens with one attached hydrogen (secondary N) is 1. The largest absolute Gasteiger partial charge is 0.467 e. The highest BCUT2D eigenvalue weighted by Crippen LogP contribution is 2.20. The fourth-order valence-electron chi connectivity index (χ4n) is 1.26. The molecule has 0 bridgehead atoms. The first-order valence-electron chi connectivity index (χ1n) is 5.05. The van der Waals surface area contributed by atoms with Gasteiger partial charge in [-0.1, -0.05) is 11.6 Å². The molecular weight excluding hydrogens is 278 g/mol. The summed E-state index contributed by atoms with van der Waals surface area (Å²) >= 11 is 5.59. The van der Waals surface area contributed by atoms with Crippen molar-refractivity contribution in [2.75, 3.05) is 7.11 Å². The minimum atomic E-state index is -0.941. The average molecular weight is 288 g/mol. The molecule has 102 valence electrons. The monoisotopic (exact) mass is 287 g/mol. The van der Waals surface area contributed by atoms with Crippen LogP contribution in [-0.2, 0) is 9.53 Å². The molecule has 0 aliphatic carbocycles. The molecule has 1 aromatic rings. The Morgan fingerprint density at radius 3 is 2.74 bits per heavy atom. The minimum Gasteiger partial charge on any atom is -0.467 e. The van der Waals surface area contributed by atoms with E-state index in [0.29, 0.717) is 0 Å². The molecule has 0 aromatic carbocycles. The number of carbonyl (C=O) groups is 2. The number of hydrogen-bond donors (Lipinski definition) is 1. The molecule has 1 N–H and O–H groups in total. The van der Waals surface area contributed by atoms with Gasteiger partial charge in [0.1, 0.15) is 23.0 Å². The van der Waals surface area contributed by atoms with Crippen LogP contribution >= 0.6 is 11.6 Å². The van der Waals surface area contributed by atoms with Gasteiger partial charge in [0.15, 0.2) is 0 Å². The maximum Gasteiger partial charge on any atom is 0.328 e. The Hall–Kier alpha value is -2.22. The zero-order chi connectivity index (χ0) is 14.6. The van der Waals surface area contributed by atoms with E-state index in [-0.39, 0.29) is 10.7 Å². The van der Waals surface area contributed by atoms with Gasteiger partial charge in [-0.25, -0.2) is 9.78 Å². The van der Waals surface area contributed by atoms with Crippen molar-refractivity contribution in [2.24, 2.45) is 0 Å². The molecule has 1 unspecified atom stereocenters. The fourth-order valence-corrected chi connectivity index (χ4v) is 1.42. The summed E-state index contributed by atoms with van der Waals surface area (Å²) in [4.78, 5) is 36.5. The lowest BCUT2D eigenvalue weighted by molar-refractivity contribution is -0.385. The van der Waals surface area contributed by atoms with E-state index in [0.717, 1.165) is 19.4 Å². The second-order valence-electron chi connectivity index (χ2n) is 3.50. The number of hydrogen-bond acceptors (Lipinski definition) is 6. The van der Waals surface area contributed by atoms with Gasteiger partial charge in [-0.05, 0) is 13.0 Å². The minimum absolute atomic E-state index is 0.0681. The van der Waals surface area contributed by atoms with Crippen molar-refractivity contribution in [3.63, 3.8) is 0 Å². The normalized spacial score (nSPS) is 11.5. The standard InChI is InChI=1S/C10H10ClN3O5/c1-5(10(16)19-2)13-9(15)6-3-8(11)12-4-7(6)14(17)18/h3-5H,1-2H3,(H,13,15). The van der Waals surface area contributed by atoms with Crippen LogP contribution in [0.15, 0.2) is 12.3 Å². The Morgan fingerprint density at radius 1 is 1.58 bits per heavy atom. The summed E-state index contributed by atoms with van der Waals surface area (Å²) in [6, 6.07) is 0.114. The maximum absolute atomic E-state index is 11.8. The van der Waals surface area contributed by atoms with E-state index < -0.39 is 28.5 Å². The van der Waals surface area contributed by atoms with Crippen molar-refractivity contribution < 1.29 is 19.2 Å². The molecule has 0 saturated carbocycles. The second kappa shape index (κ2) is 6.10. The Morgan fingerprint density at radius 2 is 2.21 bits per heavy atom. The van der Waals surface area contributed by atoms with Crippen molar-refractivity contribution in [1.29, 1.82) is 0 Å². The zero-order valence-electron chi connectivity index (χ0n) is 10.0. The number of amides is 1. The summed E-state index contributed by atoms with van der Waals surface area (Å²) in [7, 11) is 1.16. The van der Waals surface area contributed by atoms with E-state index >= 15 is 0 Å². The zero-order valence-corrected chi connectivity index (χ0v) is 10.8. The first kappa shape index (κ1) is 14.8. The highest BCUT2D eigenvalue weighted by molar-refractivity contribution is 6.29. The summed E-state index contributed by atoms with van der Waals surface area (Å²) in [5.41, 5.74) is -0.778. The van der Waals surface area contributed by atoms with E-state index in [4.69, 9.17) is 11.6 Å². The number of esters is 1. The molecule has 0 spiro atoms. The molecule has 8 nitrogen and oxygen atoms in total. The molecule has 1 aromatic heterocycles. The van der Waals surface area contributed by atoms with Gasteiger partial charge in [-0.3, -0.25) is 14.9 Å². The molecule has 9 heteroatoms.